The van der Waals surface area contributed by atoms with Gasteiger partial charge in [0.2, 0.25) is 0 Å². The van der Waals surface area contributed by atoms with E-state index in [1.807, 2.05) is 13.0 Å². The maximum absolute atomic E-state index is 11.3. The van der Waals surface area contributed by atoms with Gasteiger partial charge in [-0.2, -0.15) is 0 Å². The molecule has 3 nitrogen and oxygen atoms in total. The van der Waals surface area contributed by atoms with Gasteiger partial charge in [-0.15, -0.1) is 0 Å². The van der Waals surface area contributed by atoms with Crippen LogP contribution >= 0.6 is 0 Å². The van der Waals surface area contributed by atoms with Crippen molar-refractivity contribution in [3.63, 3.8) is 0 Å². The predicted molar refractivity (Wildman–Crippen MR) is 57.3 cm³/mol. The Morgan fingerprint density at radius 1 is 1.40 bits per heavy atom. The highest BCUT2D eigenvalue weighted by Gasteiger charge is 2.17. The zero-order valence-electron chi connectivity index (χ0n) is 8.85. The minimum Gasteiger partial charge on any atom is -0.464 e. The maximum atomic E-state index is 11.3. The number of aliphatic hydroxyl groups excluding tert-OH is 1. The zero-order valence-corrected chi connectivity index (χ0v) is 8.85. The van der Waals surface area contributed by atoms with Gasteiger partial charge in [-0.3, -0.25) is 0 Å². The second-order valence-electron chi connectivity index (χ2n) is 3.33. The lowest BCUT2D eigenvalue weighted by molar-refractivity contribution is -0.154. The van der Waals surface area contributed by atoms with Crippen molar-refractivity contribution in [1.82, 2.24) is 0 Å². The summed E-state index contributed by atoms with van der Waals surface area (Å²) in [5.74, 6) is -0.574. The summed E-state index contributed by atoms with van der Waals surface area (Å²) in [5.41, 5.74) is 0.569. The van der Waals surface area contributed by atoms with E-state index >= 15 is 0 Å². The van der Waals surface area contributed by atoms with Gasteiger partial charge in [0.25, 0.3) is 0 Å². The molecule has 3 heteroatoms. The average molecular weight is 208 g/mol. The molecule has 0 aromatic heterocycles. The summed E-state index contributed by atoms with van der Waals surface area (Å²) in [6, 6.07) is 8.78. The van der Waals surface area contributed by atoms with Crippen LogP contribution in [-0.2, 0) is 9.53 Å². The van der Waals surface area contributed by atoms with Gasteiger partial charge in [0.1, 0.15) is 0 Å². The van der Waals surface area contributed by atoms with E-state index in [2.05, 4.69) is 0 Å². The first-order valence-corrected chi connectivity index (χ1v) is 5.15. The number of esters is 1. The van der Waals surface area contributed by atoms with Crippen LogP contribution in [0, 0.1) is 0 Å². The van der Waals surface area contributed by atoms with Gasteiger partial charge in [0.15, 0.2) is 6.10 Å². The fourth-order valence-electron chi connectivity index (χ4n) is 1.17. The Hall–Kier alpha value is -1.35. The Balaban J connectivity index is 2.46. The lowest BCUT2D eigenvalue weighted by atomic mass is 10.1. The SMILES string of the molecule is CCCCOC(=O)C(O)c1ccccc1. The maximum Gasteiger partial charge on any atom is 0.339 e. The number of aliphatic hydroxyl groups is 1. The van der Waals surface area contributed by atoms with Crippen LogP contribution in [0.25, 0.3) is 0 Å². The van der Waals surface area contributed by atoms with Crippen molar-refractivity contribution in [1.29, 1.82) is 0 Å². The van der Waals surface area contributed by atoms with Crippen molar-refractivity contribution < 1.29 is 14.6 Å². The van der Waals surface area contributed by atoms with Crippen molar-refractivity contribution in [3.05, 3.63) is 35.9 Å². The first-order chi connectivity index (χ1) is 7.25. The monoisotopic (exact) mass is 208 g/mol. The van der Waals surface area contributed by atoms with Gasteiger partial charge in [-0.05, 0) is 12.0 Å². The molecule has 1 rings (SSSR count). The molecule has 0 aliphatic heterocycles. The number of carbonyl (C=O) groups is 1. The van der Waals surface area contributed by atoms with Gasteiger partial charge >= 0.3 is 5.97 Å². The number of hydrogen-bond donors (Lipinski definition) is 1. The van der Waals surface area contributed by atoms with E-state index in [0.29, 0.717) is 12.2 Å². The van der Waals surface area contributed by atoms with Crippen LogP contribution in [0.5, 0.6) is 0 Å². The lowest BCUT2D eigenvalue weighted by Gasteiger charge is -2.10. The molecule has 1 unspecified atom stereocenters. The summed E-state index contributed by atoms with van der Waals surface area (Å²) in [6.07, 6.45) is 0.630. The summed E-state index contributed by atoms with van der Waals surface area (Å²) >= 11 is 0. The summed E-state index contributed by atoms with van der Waals surface area (Å²) in [4.78, 5) is 11.3. The Kier molecular flexibility index (Phi) is 4.84. The minimum atomic E-state index is -1.16. The summed E-state index contributed by atoms with van der Waals surface area (Å²) in [6.45, 7) is 2.39. The summed E-state index contributed by atoms with van der Waals surface area (Å²) in [7, 11) is 0. The number of carbonyl (C=O) groups excluding carboxylic acids is 1. The van der Waals surface area contributed by atoms with Crippen LogP contribution in [-0.4, -0.2) is 17.7 Å². The first kappa shape index (κ1) is 11.7. The van der Waals surface area contributed by atoms with E-state index < -0.39 is 12.1 Å². The molecule has 0 saturated heterocycles. The molecule has 0 bridgehead atoms. The molecule has 0 heterocycles. The van der Waals surface area contributed by atoms with Crippen LogP contribution < -0.4 is 0 Å². The Labute approximate surface area is 89.7 Å². The van der Waals surface area contributed by atoms with Gasteiger partial charge in [-0.1, -0.05) is 43.7 Å². The van der Waals surface area contributed by atoms with Crippen LogP contribution in [0.4, 0.5) is 0 Å². The highest BCUT2D eigenvalue weighted by Crippen LogP contribution is 2.13. The second kappa shape index (κ2) is 6.19. The molecular weight excluding hydrogens is 192 g/mol. The van der Waals surface area contributed by atoms with Gasteiger partial charge in [-0.25, -0.2) is 4.79 Å². The van der Waals surface area contributed by atoms with Crippen molar-refractivity contribution in [3.8, 4) is 0 Å². The number of ether oxygens (including phenoxy) is 1. The minimum absolute atomic E-state index is 0.374. The van der Waals surface area contributed by atoms with Gasteiger partial charge in [0.05, 0.1) is 6.61 Å². The van der Waals surface area contributed by atoms with E-state index in [4.69, 9.17) is 4.74 Å². The Morgan fingerprint density at radius 3 is 2.67 bits per heavy atom. The van der Waals surface area contributed by atoms with Crippen molar-refractivity contribution >= 4 is 5.97 Å². The summed E-state index contributed by atoms with van der Waals surface area (Å²) in [5, 5.41) is 9.61. The van der Waals surface area contributed by atoms with E-state index in [9.17, 15) is 9.90 Å². The van der Waals surface area contributed by atoms with Crippen molar-refractivity contribution in [2.75, 3.05) is 6.61 Å². The fraction of sp³-hybridized carbons (Fsp3) is 0.417. The largest absolute Gasteiger partial charge is 0.464 e. The van der Waals surface area contributed by atoms with Crippen LogP contribution in [0.3, 0.4) is 0 Å². The lowest BCUT2D eigenvalue weighted by Crippen LogP contribution is -2.16. The third-order valence-electron chi connectivity index (χ3n) is 2.08. The Morgan fingerprint density at radius 2 is 2.07 bits per heavy atom. The second-order valence-corrected chi connectivity index (χ2v) is 3.33. The standard InChI is InChI=1S/C12H16O3/c1-2-3-9-15-12(14)11(13)10-7-5-4-6-8-10/h4-8,11,13H,2-3,9H2,1H3. The number of rotatable bonds is 5. The van der Waals surface area contributed by atoms with Crippen molar-refractivity contribution in [2.45, 2.75) is 25.9 Å². The molecule has 1 N–H and O–H groups in total. The predicted octanol–water partition coefficient (Wildman–Crippen LogP) is 2.06. The number of benzene rings is 1. The normalized spacial score (nSPS) is 12.1. The van der Waals surface area contributed by atoms with Gasteiger partial charge in [0, 0.05) is 0 Å². The van der Waals surface area contributed by atoms with E-state index in [1.54, 1.807) is 24.3 Å². The molecule has 0 radical (unpaired) electrons. The van der Waals surface area contributed by atoms with Crippen LogP contribution in [0.1, 0.15) is 31.4 Å². The molecular formula is C12H16O3. The third-order valence-corrected chi connectivity index (χ3v) is 2.08. The quantitative estimate of drug-likeness (QED) is 0.595. The summed E-state index contributed by atoms with van der Waals surface area (Å²) < 4.78 is 4.91. The van der Waals surface area contributed by atoms with Gasteiger partial charge < -0.3 is 9.84 Å². The number of unbranched alkanes of at least 4 members (excludes halogenated alkanes) is 1. The first-order valence-electron chi connectivity index (χ1n) is 5.15. The Bertz CT molecular complexity index is 295. The van der Waals surface area contributed by atoms with Crippen molar-refractivity contribution in [2.24, 2.45) is 0 Å². The van der Waals surface area contributed by atoms with E-state index in [1.165, 1.54) is 0 Å². The molecule has 1 aromatic carbocycles. The molecule has 82 valence electrons. The molecule has 1 aromatic rings. The van der Waals surface area contributed by atoms with Crippen LogP contribution in [0.15, 0.2) is 30.3 Å². The molecule has 15 heavy (non-hydrogen) atoms. The number of hydrogen-bond acceptors (Lipinski definition) is 3. The molecule has 0 saturated carbocycles. The topological polar surface area (TPSA) is 46.5 Å². The molecule has 0 aliphatic rings. The average Bonchev–Trinajstić information content (AvgIpc) is 2.29. The van der Waals surface area contributed by atoms with E-state index in [-0.39, 0.29) is 0 Å². The molecule has 0 aliphatic carbocycles. The third kappa shape index (κ3) is 3.72. The van der Waals surface area contributed by atoms with E-state index in [0.717, 1.165) is 12.8 Å². The molecule has 0 amide bonds. The highest BCUT2D eigenvalue weighted by atomic mass is 16.5. The molecule has 1 atom stereocenters. The molecule has 0 fully saturated rings. The molecule has 0 spiro atoms. The highest BCUT2D eigenvalue weighted by molar-refractivity contribution is 5.76. The zero-order chi connectivity index (χ0) is 11.1. The smallest absolute Gasteiger partial charge is 0.339 e. The fourth-order valence-corrected chi connectivity index (χ4v) is 1.17. The van der Waals surface area contributed by atoms with Crippen LogP contribution in [0.2, 0.25) is 0 Å².